The molecule has 0 heterocycles. The fourth-order valence-corrected chi connectivity index (χ4v) is 4.50. The average molecular weight is 476 g/mol. The summed E-state index contributed by atoms with van der Waals surface area (Å²) in [5.41, 5.74) is 2.34. The van der Waals surface area contributed by atoms with Crippen LogP contribution in [0.4, 0.5) is 5.69 Å². The molecule has 0 saturated heterocycles. The van der Waals surface area contributed by atoms with Crippen molar-refractivity contribution in [2.45, 2.75) is 39.3 Å². The Bertz CT molecular complexity index is 1070. The van der Waals surface area contributed by atoms with Gasteiger partial charge in [0.15, 0.2) is 0 Å². The van der Waals surface area contributed by atoms with Crippen LogP contribution in [-0.2, 0) is 26.2 Å². The van der Waals surface area contributed by atoms with Gasteiger partial charge in [0.2, 0.25) is 21.8 Å². The zero-order valence-corrected chi connectivity index (χ0v) is 20.7. The van der Waals surface area contributed by atoms with Gasteiger partial charge >= 0.3 is 0 Å². The molecule has 2 aromatic carbocycles. The van der Waals surface area contributed by atoms with Crippen molar-refractivity contribution in [2.24, 2.45) is 0 Å². The lowest BCUT2D eigenvalue weighted by Crippen LogP contribution is -2.46. The number of carbonyl (C=O) groups excluding carboxylic acids is 2. The standard InChI is InChI=1S/C24H33N3O5S/c1-18-9-6-11-21(15-18)27(33(5,30)31)14-8-13-23(28)26(19(2)24(29)25-3)17-20-10-7-12-22(16-20)32-4/h6-7,9-12,15-16,19H,8,13-14,17H2,1-5H3,(H,25,29)/t19-/m1/s1. The SMILES string of the molecule is CNC(=O)[C@@H](C)N(Cc1cccc(OC)c1)C(=O)CCCN(c1cccc(C)c1)S(C)(=O)=O. The number of hydrogen-bond donors (Lipinski definition) is 1. The molecule has 0 spiro atoms. The van der Waals surface area contributed by atoms with Gasteiger partial charge < -0.3 is 15.0 Å². The summed E-state index contributed by atoms with van der Waals surface area (Å²) in [5.74, 6) is 0.157. The van der Waals surface area contributed by atoms with Crippen molar-refractivity contribution < 1.29 is 22.7 Å². The Balaban J connectivity index is 2.16. The lowest BCUT2D eigenvalue weighted by Gasteiger charge is -2.29. The number of nitrogens with one attached hydrogen (secondary N) is 1. The molecule has 0 aliphatic carbocycles. The van der Waals surface area contributed by atoms with E-state index in [1.165, 1.54) is 16.3 Å². The molecule has 0 unspecified atom stereocenters. The number of carbonyl (C=O) groups is 2. The monoisotopic (exact) mass is 475 g/mol. The molecule has 0 radical (unpaired) electrons. The molecule has 2 amide bonds. The van der Waals surface area contributed by atoms with Crippen molar-refractivity contribution in [2.75, 3.05) is 31.3 Å². The van der Waals surface area contributed by atoms with Crippen molar-refractivity contribution in [3.63, 3.8) is 0 Å². The van der Waals surface area contributed by atoms with Gasteiger partial charge in [0.1, 0.15) is 11.8 Å². The highest BCUT2D eigenvalue weighted by Crippen LogP contribution is 2.21. The van der Waals surface area contributed by atoms with Gasteiger partial charge in [0.25, 0.3) is 0 Å². The first kappa shape index (κ1) is 26.2. The molecule has 2 rings (SSSR count). The number of rotatable bonds is 11. The van der Waals surface area contributed by atoms with E-state index >= 15 is 0 Å². The van der Waals surface area contributed by atoms with Crippen LogP contribution >= 0.6 is 0 Å². The van der Waals surface area contributed by atoms with Gasteiger partial charge in [-0.05, 0) is 55.7 Å². The van der Waals surface area contributed by atoms with Crippen molar-refractivity contribution >= 4 is 27.5 Å². The summed E-state index contributed by atoms with van der Waals surface area (Å²) in [6.45, 7) is 3.96. The highest BCUT2D eigenvalue weighted by Gasteiger charge is 2.26. The number of ether oxygens (including phenoxy) is 1. The summed E-state index contributed by atoms with van der Waals surface area (Å²) in [7, 11) is -0.419. The van der Waals surface area contributed by atoms with E-state index in [1.807, 2.05) is 37.3 Å². The highest BCUT2D eigenvalue weighted by molar-refractivity contribution is 7.92. The molecule has 0 saturated carbocycles. The highest BCUT2D eigenvalue weighted by atomic mass is 32.2. The number of sulfonamides is 1. The van der Waals surface area contributed by atoms with Gasteiger partial charge in [0, 0.05) is 26.6 Å². The predicted molar refractivity (Wildman–Crippen MR) is 130 cm³/mol. The van der Waals surface area contributed by atoms with Gasteiger partial charge in [-0.2, -0.15) is 0 Å². The van der Waals surface area contributed by atoms with E-state index in [1.54, 1.807) is 32.2 Å². The summed E-state index contributed by atoms with van der Waals surface area (Å²) < 4.78 is 31.3. The number of amides is 2. The molecule has 0 bridgehead atoms. The lowest BCUT2D eigenvalue weighted by molar-refractivity contribution is -0.140. The Hall–Kier alpha value is -3.07. The number of methoxy groups -OCH3 is 1. The molecule has 0 aromatic heterocycles. The Morgan fingerprint density at radius 2 is 1.82 bits per heavy atom. The Kier molecular flexibility index (Phi) is 9.28. The first-order valence-electron chi connectivity index (χ1n) is 10.7. The van der Waals surface area contributed by atoms with E-state index in [2.05, 4.69) is 5.32 Å². The summed E-state index contributed by atoms with van der Waals surface area (Å²) in [6.07, 6.45) is 1.57. The number of benzene rings is 2. The summed E-state index contributed by atoms with van der Waals surface area (Å²) >= 11 is 0. The van der Waals surface area contributed by atoms with Gasteiger partial charge in [0.05, 0.1) is 19.1 Å². The molecular weight excluding hydrogens is 442 g/mol. The molecule has 8 nitrogen and oxygen atoms in total. The molecule has 180 valence electrons. The zero-order chi connectivity index (χ0) is 24.6. The summed E-state index contributed by atoms with van der Waals surface area (Å²) in [4.78, 5) is 26.9. The largest absolute Gasteiger partial charge is 0.497 e. The number of hydrogen-bond acceptors (Lipinski definition) is 5. The maximum Gasteiger partial charge on any atom is 0.242 e. The summed E-state index contributed by atoms with van der Waals surface area (Å²) in [6, 6.07) is 13.9. The predicted octanol–water partition coefficient (Wildman–Crippen LogP) is 2.71. The lowest BCUT2D eigenvalue weighted by atomic mass is 10.1. The molecule has 0 fully saturated rings. The van der Waals surface area contributed by atoms with Crippen molar-refractivity contribution in [3.8, 4) is 5.75 Å². The van der Waals surface area contributed by atoms with E-state index < -0.39 is 16.1 Å². The normalized spacial score (nSPS) is 12.0. The van der Waals surface area contributed by atoms with Crippen molar-refractivity contribution in [1.29, 1.82) is 0 Å². The second-order valence-electron chi connectivity index (χ2n) is 7.94. The molecule has 1 N–H and O–H groups in total. The first-order chi connectivity index (χ1) is 15.6. The van der Waals surface area contributed by atoms with Crippen LogP contribution < -0.4 is 14.4 Å². The van der Waals surface area contributed by atoms with Crippen LogP contribution in [0, 0.1) is 6.92 Å². The molecule has 9 heteroatoms. The van der Waals surface area contributed by atoms with Crippen LogP contribution in [0.25, 0.3) is 0 Å². The number of likely N-dealkylation sites (N-methyl/N-ethyl adjacent to an activating group) is 1. The van der Waals surface area contributed by atoms with Gasteiger partial charge in [-0.3, -0.25) is 13.9 Å². The minimum atomic E-state index is -3.51. The molecule has 0 aliphatic rings. The Labute approximate surface area is 196 Å². The van der Waals surface area contributed by atoms with E-state index in [9.17, 15) is 18.0 Å². The second kappa shape index (κ2) is 11.7. The third-order valence-electron chi connectivity index (χ3n) is 5.34. The van der Waals surface area contributed by atoms with Crippen LogP contribution in [0.5, 0.6) is 5.75 Å². The van der Waals surface area contributed by atoms with E-state index in [-0.39, 0.29) is 31.3 Å². The van der Waals surface area contributed by atoms with Crippen LogP contribution in [0.3, 0.4) is 0 Å². The maximum absolute atomic E-state index is 13.1. The average Bonchev–Trinajstić information content (AvgIpc) is 2.78. The van der Waals surface area contributed by atoms with Gasteiger partial charge in [-0.15, -0.1) is 0 Å². The van der Waals surface area contributed by atoms with Crippen molar-refractivity contribution in [1.82, 2.24) is 10.2 Å². The van der Waals surface area contributed by atoms with Crippen LogP contribution in [0.2, 0.25) is 0 Å². The third-order valence-corrected chi connectivity index (χ3v) is 6.54. The van der Waals surface area contributed by atoms with E-state index in [0.29, 0.717) is 17.9 Å². The Morgan fingerprint density at radius 3 is 2.42 bits per heavy atom. The third kappa shape index (κ3) is 7.49. The van der Waals surface area contributed by atoms with E-state index in [0.717, 1.165) is 17.4 Å². The number of aryl methyl sites for hydroxylation is 1. The van der Waals surface area contributed by atoms with Gasteiger partial charge in [-0.1, -0.05) is 24.3 Å². The number of anilines is 1. The van der Waals surface area contributed by atoms with Crippen LogP contribution in [-0.4, -0.2) is 58.1 Å². The second-order valence-corrected chi connectivity index (χ2v) is 9.85. The van der Waals surface area contributed by atoms with Crippen molar-refractivity contribution in [3.05, 3.63) is 59.7 Å². The Morgan fingerprint density at radius 1 is 1.12 bits per heavy atom. The van der Waals surface area contributed by atoms with Gasteiger partial charge in [-0.25, -0.2) is 8.42 Å². The van der Waals surface area contributed by atoms with E-state index in [4.69, 9.17) is 4.74 Å². The number of nitrogens with zero attached hydrogens (tertiary/aromatic N) is 2. The molecule has 0 aliphatic heterocycles. The summed E-state index contributed by atoms with van der Waals surface area (Å²) in [5, 5.41) is 2.58. The minimum Gasteiger partial charge on any atom is -0.497 e. The fraction of sp³-hybridized carbons (Fsp3) is 0.417. The maximum atomic E-state index is 13.1. The quantitative estimate of drug-likeness (QED) is 0.539. The van der Waals surface area contributed by atoms with Crippen LogP contribution in [0.15, 0.2) is 48.5 Å². The minimum absolute atomic E-state index is 0.100. The smallest absolute Gasteiger partial charge is 0.242 e. The fourth-order valence-electron chi connectivity index (χ4n) is 3.55. The first-order valence-corrected chi connectivity index (χ1v) is 12.6. The molecule has 33 heavy (non-hydrogen) atoms. The molecule has 2 aromatic rings. The molecular formula is C24H33N3O5S. The molecule has 1 atom stereocenters. The topological polar surface area (TPSA) is 96.0 Å². The van der Waals surface area contributed by atoms with Crippen LogP contribution in [0.1, 0.15) is 30.9 Å². The zero-order valence-electron chi connectivity index (χ0n) is 19.9.